The third kappa shape index (κ3) is 4.49. The molecule has 0 bridgehead atoms. The van der Waals surface area contributed by atoms with Crippen LogP contribution in [0.2, 0.25) is 0 Å². The molecular weight excluding hydrogens is 452 g/mol. The number of carbonyl (C=O) groups excluding carboxylic acids is 2. The summed E-state index contributed by atoms with van der Waals surface area (Å²) in [5, 5.41) is 0. The van der Waals surface area contributed by atoms with Gasteiger partial charge in [0.05, 0.1) is 28.5 Å². The van der Waals surface area contributed by atoms with Gasteiger partial charge in [0.25, 0.3) is 5.56 Å². The Hall–Kier alpha value is -3.78. The number of aryl methyl sites for hydroxylation is 1. The van der Waals surface area contributed by atoms with Crippen molar-refractivity contribution in [1.29, 1.82) is 0 Å². The van der Waals surface area contributed by atoms with Crippen molar-refractivity contribution in [3.05, 3.63) is 96.2 Å². The number of aromatic nitrogens is 1. The number of hydrogen-bond acceptors (Lipinski definition) is 7. The Kier molecular flexibility index (Phi) is 6.61. The molecule has 1 atom stereocenters. The van der Waals surface area contributed by atoms with Gasteiger partial charge in [-0.25, -0.2) is 9.79 Å². The molecule has 0 saturated carbocycles. The van der Waals surface area contributed by atoms with Gasteiger partial charge in [-0.05, 0) is 38.5 Å². The summed E-state index contributed by atoms with van der Waals surface area (Å²) < 4.78 is 12.5. The maximum Gasteiger partial charge on any atom is 0.338 e. The highest BCUT2D eigenvalue weighted by Gasteiger charge is 2.33. The summed E-state index contributed by atoms with van der Waals surface area (Å²) in [6.07, 6.45) is 1.68. The molecule has 7 nitrogen and oxygen atoms in total. The number of benzene rings is 2. The summed E-state index contributed by atoms with van der Waals surface area (Å²) >= 11 is 1.22. The number of hydrogen-bond donors (Lipinski definition) is 0. The number of carbonyl (C=O) groups is 2. The van der Waals surface area contributed by atoms with Crippen molar-refractivity contribution >= 4 is 29.4 Å². The summed E-state index contributed by atoms with van der Waals surface area (Å²) in [5.41, 5.74) is 3.01. The lowest BCUT2D eigenvalue weighted by molar-refractivity contribution is -0.139. The number of nitrogens with zero attached hydrogens (tertiary/aromatic N) is 2. The maximum absolute atomic E-state index is 13.6. The monoisotopic (exact) mass is 476 g/mol. The van der Waals surface area contributed by atoms with Gasteiger partial charge in [0.15, 0.2) is 4.80 Å². The molecule has 0 radical (unpaired) electrons. The molecule has 3 aromatic rings. The van der Waals surface area contributed by atoms with Crippen LogP contribution in [0.1, 0.15) is 43.5 Å². The predicted octanol–water partition coefficient (Wildman–Crippen LogP) is 3.03. The molecule has 174 valence electrons. The highest BCUT2D eigenvalue weighted by atomic mass is 32.1. The summed E-state index contributed by atoms with van der Waals surface area (Å²) in [6, 6.07) is 14.0. The fourth-order valence-electron chi connectivity index (χ4n) is 3.84. The largest absolute Gasteiger partial charge is 0.463 e. The van der Waals surface area contributed by atoms with Gasteiger partial charge >= 0.3 is 11.9 Å². The van der Waals surface area contributed by atoms with Crippen molar-refractivity contribution in [2.45, 2.75) is 33.7 Å². The van der Waals surface area contributed by atoms with Gasteiger partial charge in [-0.1, -0.05) is 59.4 Å². The first-order valence-corrected chi connectivity index (χ1v) is 11.7. The first-order valence-electron chi connectivity index (χ1n) is 10.8. The zero-order valence-corrected chi connectivity index (χ0v) is 20.1. The quantitative estimate of drug-likeness (QED) is 0.417. The van der Waals surface area contributed by atoms with Crippen molar-refractivity contribution in [3.63, 3.8) is 0 Å². The van der Waals surface area contributed by atoms with E-state index in [9.17, 15) is 14.4 Å². The van der Waals surface area contributed by atoms with Crippen LogP contribution in [0.25, 0.3) is 6.08 Å². The molecule has 0 spiro atoms. The number of ether oxygens (including phenoxy) is 2. The summed E-state index contributed by atoms with van der Waals surface area (Å²) in [7, 11) is 0. The lowest BCUT2D eigenvalue weighted by Gasteiger charge is -2.24. The maximum atomic E-state index is 13.6. The second-order valence-corrected chi connectivity index (χ2v) is 8.85. The van der Waals surface area contributed by atoms with E-state index in [4.69, 9.17) is 9.47 Å². The Morgan fingerprint density at radius 2 is 1.82 bits per heavy atom. The van der Waals surface area contributed by atoms with Crippen LogP contribution in [0.5, 0.6) is 5.75 Å². The van der Waals surface area contributed by atoms with E-state index in [2.05, 4.69) is 4.99 Å². The molecule has 0 saturated heterocycles. The van der Waals surface area contributed by atoms with E-state index in [0.29, 0.717) is 31.9 Å². The molecule has 4 rings (SSSR count). The van der Waals surface area contributed by atoms with Gasteiger partial charge in [-0.15, -0.1) is 0 Å². The smallest absolute Gasteiger partial charge is 0.338 e. The number of esters is 2. The summed E-state index contributed by atoms with van der Waals surface area (Å²) in [6.45, 7) is 7.01. The van der Waals surface area contributed by atoms with Crippen LogP contribution in [-0.2, 0) is 14.3 Å². The van der Waals surface area contributed by atoms with Crippen LogP contribution < -0.4 is 19.6 Å². The normalized spacial score (nSPS) is 15.5. The van der Waals surface area contributed by atoms with Crippen molar-refractivity contribution in [2.75, 3.05) is 6.61 Å². The van der Waals surface area contributed by atoms with E-state index in [1.165, 1.54) is 22.8 Å². The third-order valence-electron chi connectivity index (χ3n) is 5.37. The molecule has 0 N–H and O–H groups in total. The van der Waals surface area contributed by atoms with Crippen LogP contribution >= 0.6 is 11.3 Å². The Morgan fingerprint density at radius 3 is 2.50 bits per heavy atom. The van der Waals surface area contributed by atoms with Crippen molar-refractivity contribution < 1.29 is 19.1 Å². The van der Waals surface area contributed by atoms with Crippen molar-refractivity contribution in [1.82, 2.24) is 4.57 Å². The van der Waals surface area contributed by atoms with Crippen LogP contribution in [0.3, 0.4) is 0 Å². The molecular formula is C26H24N2O5S. The standard InChI is InChI=1S/C26H24N2O5S/c1-5-32-25(31)22-16(3)27-26-28(23(22)18-12-10-15(2)11-13-18)24(30)21(34-26)14-19-8-6-7-9-20(19)33-17(4)29/h6-14,23H,5H2,1-4H3/t23-/m1/s1. The van der Waals surface area contributed by atoms with E-state index >= 15 is 0 Å². The predicted molar refractivity (Wildman–Crippen MR) is 129 cm³/mol. The van der Waals surface area contributed by atoms with E-state index < -0.39 is 18.0 Å². The Morgan fingerprint density at radius 1 is 1.12 bits per heavy atom. The second-order valence-electron chi connectivity index (χ2n) is 7.84. The van der Waals surface area contributed by atoms with Crippen LogP contribution in [0, 0.1) is 6.92 Å². The third-order valence-corrected chi connectivity index (χ3v) is 6.35. The Bertz CT molecular complexity index is 1480. The molecule has 0 unspecified atom stereocenters. The van der Waals surface area contributed by atoms with E-state index in [1.807, 2.05) is 31.2 Å². The van der Waals surface area contributed by atoms with Gasteiger partial charge < -0.3 is 9.47 Å². The lowest BCUT2D eigenvalue weighted by atomic mass is 9.95. The summed E-state index contributed by atoms with van der Waals surface area (Å²) in [4.78, 5) is 43.1. The molecule has 2 heterocycles. The molecule has 1 aromatic heterocycles. The molecule has 1 aliphatic rings. The van der Waals surface area contributed by atoms with Gasteiger partial charge in [0, 0.05) is 12.5 Å². The fraction of sp³-hybridized carbons (Fsp3) is 0.231. The van der Waals surface area contributed by atoms with Gasteiger partial charge in [0.2, 0.25) is 0 Å². The van der Waals surface area contributed by atoms with E-state index in [-0.39, 0.29) is 12.2 Å². The minimum atomic E-state index is -0.665. The number of thiazole rings is 1. The highest BCUT2D eigenvalue weighted by molar-refractivity contribution is 7.07. The first-order chi connectivity index (χ1) is 16.3. The van der Waals surface area contributed by atoms with Crippen LogP contribution in [0.15, 0.2) is 69.6 Å². The number of para-hydroxylation sites is 1. The minimum Gasteiger partial charge on any atom is -0.463 e. The van der Waals surface area contributed by atoms with Crippen LogP contribution in [0.4, 0.5) is 0 Å². The second kappa shape index (κ2) is 9.61. The molecule has 1 aliphatic heterocycles. The van der Waals surface area contributed by atoms with Gasteiger partial charge in [-0.3, -0.25) is 14.2 Å². The molecule has 8 heteroatoms. The first kappa shape index (κ1) is 23.4. The Balaban J connectivity index is 1.94. The van der Waals surface area contributed by atoms with Gasteiger partial charge in [-0.2, -0.15) is 0 Å². The Labute approximate surface area is 200 Å². The highest BCUT2D eigenvalue weighted by Crippen LogP contribution is 2.30. The molecule has 34 heavy (non-hydrogen) atoms. The van der Waals surface area contributed by atoms with Crippen molar-refractivity contribution in [2.24, 2.45) is 4.99 Å². The summed E-state index contributed by atoms with van der Waals surface area (Å²) in [5.74, 6) is -0.584. The minimum absolute atomic E-state index is 0.216. The number of allylic oxidation sites excluding steroid dienone is 1. The topological polar surface area (TPSA) is 87.0 Å². The number of rotatable bonds is 5. The van der Waals surface area contributed by atoms with E-state index in [0.717, 1.165) is 11.1 Å². The average molecular weight is 477 g/mol. The average Bonchev–Trinajstić information content (AvgIpc) is 3.09. The molecule has 0 amide bonds. The van der Waals surface area contributed by atoms with Gasteiger partial charge in [0.1, 0.15) is 5.75 Å². The van der Waals surface area contributed by atoms with Crippen LogP contribution in [-0.4, -0.2) is 23.1 Å². The molecule has 2 aromatic carbocycles. The van der Waals surface area contributed by atoms with E-state index in [1.54, 1.807) is 44.2 Å². The molecule has 0 fully saturated rings. The number of fused-ring (bicyclic) bond motifs is 1. The fourth-order valence-corrected chi connectivity index (χ4v) is 4.88. The molecule has 0 aliphatic carbocycles. The van der Waals surface area contributed by atoms with Crippen molar-refractivity contribution in [3.8, 4) is 5.75 Å². The zero-order chi connectivity index (χ0) is 24.4. The lowest BCUT2D eigenvalue weighted by Crippen LogP contribution is -2.39. The SMILES string of the molecule is CCOC(=O)C1=C(C)N=c2sc(=Cc3ccccc3OC(C)=O)c(=O)n2[C@@H]1c1ccc(C)cc1. The zero-order valence-electron chi connectivity index (χ0n) is 19.3.